The van der Waals surface area contributed by atoms with Crippen LogP contribution in [-0.2, 0) is 14.3 Å². The van der Waals surface area contributed by atoms with Gasteiger partial charge in [-0.2, -0.15) is 0 Å². The van der Waals surface area contributed by atoms with Crippen LogP contribution in [0.25, 0.3) is 0 Å². The molecule has 0 spiro atoms. The van der Waals surface area contributed by atoms with Crippen LogP contribution >= 0.6 is 11.6 Å². The number of aliphatic imine (C=N–C) groups is 1. The number of isocyanates is 1. The number of carbonyl (C=O) groups is 1. The second-order valence-electron chi connectivity index (χ2n) is 1.33. The van der Waals surface area contributed by atoms with Crippen molar-refractivity contribution in [3.63, 3.8) is 0 Å². The molecule has 0 aromatic rings. The molecular weight excluding hydrogens is 158 g/mol. The summed E-state index contributed by atoms with van der Waals surface area (Å²) in [6.07, 6.45) is 1.31. The molecule has 0 unspecified atom stereocenters. The van der Waals surface area contributed by atoms with Crippen LogP contribution in [-0.4, -0.2) is 31.1 Å². The molecule has 10 heavy (non-hydrogen) atoms. The van der Waals surface area contributed by atoms with E-state index in [1.165, 1.54) is 6.08 Å². The monoisotopic (exact) mass is 163 g/mol. The summed E-state index contributed by atoms with van der Waals surface area (Å²) in [5, 5.41) is 0. The Hall–Kier alpha value is -0.860. The van der Waals surface area contributed by atoms with E-state index in [1.807, 2.05) is 0 Å². The Bertz CT molecular complexity index is 153. The maximum absolute atomic E-state index is 10.3. The maximum Gasteiger partial charge on any atom is 0.320 e. The van der Waals surface area contributed by atoms with Crippen LogP contribution in [0, 0.1) is 0 Å². The molecule has 0 heterocycles. The number of hydrogen-bond acceptors (Lipinski definition) is 4. The minimum atomic E-state index is -0.511. The van der Waals surface area contributed by atoms with Crippen LogP contribution in [0.3, 0.4) is 0 Å². The number of nitrogens with zero attached hydrogens (tertiary/aromatic N) is 1. The van der Waals surface area contributed by atoms with Gasteiger partial charge in [-0.15, -0.1) is 11.6 Å². The van der Waals surface area contributed by atoms with Crippen LogP contribution in [0.15, 0.2) is 4.99 Å². The lowest BCUT2D eigenvalue weighted by atomic mass is 10.7. The average Bonchev–Trinajstić information content (AvgIpc) is 1.98. The van der Waals surface area contributed by atoms with Gasteiger partial charge in [-0.05, 0) is 0 Å². The van der Waals surface area contributed by atoms with E-state index in [2.05, 4.69) is 9.73 Å². The summed E-state index contributed by atoms with van der Waals surface area (Å²) in [6.45, 7) is 0.229. The third-order valence-corrected chi connectivity index (χ3v) is 0.858. The predicted molar refractivity (Wildman–Crippen MR) is 34.7 cm³/mol. The third kappa shape index (κ3) is 5.28. The zero-order chi connectivity index (χ0) is 7.82. The van der Waals surface area contributed by atoms with E-state index in [9.17, 15) is 9.59 Å². The normalized spacial score (nSPS) is 8.10. The smallest absolute Gasteiger partial charge is 0.320 e. The van der Waals surface area contributed by atoms with E-state index in [1.54, 1.807) is 0 Å². The van der Waals surface area contributed by atoms with Gasteiger partial charge in [0.25, 0.3) is 0 Å². The van der Waals surface area contributed by atoms with Crippen molar-refractivity contribution in [2.75, 3.05) is 19.0 Å². The number of esters is 1. The standard InChI is InChI=1S/C5H6ClNO3/c6-3-5(9)10-2-1-7-4-8/h1-3H2. The minimum Gasteiger partial charge on any atom is -0.463 e. The molecule has 0 N–H and O–H groups in total. The molecule has 0 rings (SSSR count). The van der Waals surface area contributed by atoms with E-state index in [-0.39, 0.29) is 19.0 Å². The fourth-order valence-electron chi connectivity index (χ4n) is 0.289. The van der Waals surface area contributed by atoms with E-state index in [4.69, 9.17) is 11.6 Å². The van der Waals surface area contributed by atoms with Crippen LogP contribution < -0.4 is 0 Å². The van der Waals surface area contributed by atoms with Gasteiger partial charge >= 0.3 is 5.97 Å². The second kappa shape index (κ2) is 6.26. The average molecular weight is 164 g/mol. The maximum atomic E-state index is 10.3. The first-order chi connectivity index (χ1) is 4.81. The highest BCUT2D eigenvalue weighted by atomic mass is 35.5. The molecule has 0 aliphatic carbocycles. The van der Waals surface area contributed by atoms with Gasteiger partial charge in [0, 0.05) is 0 Å². The predicted octanol–water partition coefficient (Wildman–Crippen LogP) is 0.104. The molecule has 0 saturated heterocycles. The van der Waals surface area contributed by atoms with Crippen molar-refractivity contribution < 1.29 is 14.3 Å². The molecule has 0 radical (unpaired) electrons. The first kappa shape index (κ1) is 9.14. The lowest BCUT2D eigenvalue weighted by Crippen LogP contribution is -2.08. The highest BCUT2D eigenvalue weighted by Crippen LogP contribution is 1.81. The Morgan fingerprint density at radius 3 is 2.90 bits per heavy atom. The van der Waals surface area contributed by atoms with Gasteiger partial charge in [-0.25, -0.2) is 9.79 Å². The van der Waals surface area contributed by atoms with Crippen molar-refractivity contribution in [2.45, 2.75) is 0 Å². The fourth-order valence-corrected chi connectivity index (χ4v) is 0.366. The third-order valence-electron chi connectivity index (χ3n) is 0.640. The van der Waals surface area contributed by atoms with Crippen LogP contribution in [0.2, 0.25) is 0 Å². The molecule has 0 aromatic heterocycles. The van der Waals surface area contributed by atoms with Gasteiger partial charge in [0.05, 0.1) is 6.54 Å². The van der Waals surface area contributed by atoms with Gasteiger partial charge < -0.3 is 4.74 Å². The number of alkyl halides is 1. The Balaban J connectivity index is 3.19. The molecule has 56 valence electrons. The summed E-state index contributed by atoms with van der Waals surface area (Å²) in [6, 6.07) is 0. The van der Waals surface area contributed by atoms with E-state index in [0.717, 1.165) is 0 Å². The molecule has 0 fully saturated rings. The van der Waals surface area contributed by atoms with Crippen molar-refractivity contribution in [3.05, 3.63) is 0 Å². The largest absolute Gasteiger partial charge is 0.463 e. The Morgan fingerprint density at radius 2 is 2.40 bits per heavy atom. The van der Waals surface area contributed by atoms with Crippen LogP contribution in [0.5, 0.6) is 0 Å². The Kier molecular flexibility index (Phi) is 5.72. The zero-order valence-corrected chi connectivity index (χ0v) is 5.93. The zero-order valence-electron chi connectivity index (χ0n) is 5.17. The summed E-state index contributed by atoms with van der Waals surface area (Å²) in [5.74, 6) is -0.687. The van der Waals surface area contributed by atoms with Crippen molar-refractivity contribution >= 4 is 23.7 Å². The molecule has 4 nitrogen and oxygen atoms in total. The number of carbonyl (C=O) groups excluding carboxylic acids is 2. The van der Waals surface area contributed by atoms with Gasteiger partial charge in [-0.1, -0.05) is 0 Å². The molecule has 0 aliphatic rings. The fraction of sp³-hybridized carbons (Fsp3) is 0.600. The molecule has 0 amide bonds. The number of ether oxygens (including phenoxy) is 1. The van der Waals surface area contributed by atoms with Gasteiger partial charge in [-0.3, -0.25) is 4.79 Å². The summed E-state index contributed by atoms with van der Waals surface area (Å²) >= 11 is 5.08. The molecule has 0 aromatic carbocycles. The Morgan fingerprint density at radius 1 is 1.70 bits per heavy atom. The molecule has 5 heteroatoms. The first-order valence-corrected chi connectivity index (χ1v) is 3.10. The van der Waals surface area contributed by atoms with Crippen molar-refractivity contribution in [2.24, 2.45) is 4.99 Å². The number of halogens is 1. The SMILES string of the molecule is O=C=NCCOC(=O)CCl. The van der Waals surface area contributed by atoms with E-state index < -0.39 is 5.97 Å². The summed E-state index contributed by atoms with van der Waals surface area (Å²) < 4.78 is 4.45. The molecule has 0 saturated carbocycles. The second-order valence-corrected chi connectivity index (χ2v) is 1.59. The molecule has 0 atom stereocenters. The van der Waals surface area contributed by atoms with E-state index >= 15 is 0 Å². The first-order valence-electron chi connectivity index (χ1n) is 2.56. The van der Waals surface area contributed by atoms with Crippen LogP contribution in [0.1, 0.15) is 0 Å². The van der Waals surface area contributed by atoms with E-state index in [0.29, 0.717) is 0 Å². The van der Waals surface area contributed by atoms with Gasteiger partial charge in [0.15, 0.2) is 0 Å². The van der Waals surface area contributed by atoms with Gasteiger partial charge in [0.2, 0.25) is 6.08 Å². The lowest BCUT2D eigenvalue weighted by molar-refractivity contribution is -0.140. The van der Waals surface area contributed by atoms with Crippen molar-refractivity contribution in [1.82, 2.24) is 0 Å². The number of rotatable bonds is 4. The lowest BCUT2D eigenvalue weighted by Gasteiger charge is -1.96. The highest BCUT2D eigenvalue weighted by molar-refractivity contribution is 6.26. The molecule has 0 aliphatic heterocycles. The highest BCUT2D eigenvalue weighted by Gasteiger charge is 1.96. The number of hydrogen-bond donors (Lipinski definition) is 0. The summed E-state index contributed by atoms with van der Waals surface area (Å²) in [7, 11) is 0. The minimum absolute atomic E-state index is 0.0841. The van der Waals surface area contributed by atoms with Crippen molar-refractivity contribution in [1.29, 1.82) is 0 Å². The molecule has 0 bridgehead atoms. The van der Waals surface area contributed by atoms with Crippen LogP contribution in [0.4, 0.5) is 0 Å². The Labute approximate surface area is 62.8 Å². The summed E-state index contributed by atoms with van der Waals surface area (Å²) in [5.41, 5.74) is 0. The molecular formula is C5H6ClNO3. The summed E-state index contributed by atoms with van der Waals surface area (Å²) in [4.78, 5) is 22.9. The van der Waals surface area contributed by atoms with Crippen molar-refractivity contribution in [3.8, 4) is 0 Å². The van der Waals surface area contributed by atoms with Gasteiger partial charge in [0.1, 0.15) is 12.5 Å². The quantitative estimate of drug-likeness (QED) is 0.194. The topological polar surface area (TPSA) is 55.7 Å².